The zero-order valence-corrected chi connectivity index (χ0v) is 4.79. The molecule has 0 fully saturated rings. The second kappa shape index (κ2) is 4.05. The summed E-state index contributed by atoms with van der Waals surface area (Å²) < 4.78 is 4.58. The van der Waals surface area contributed by atoms with Crippen molar-refractivity contribution in [3.8, 4) is 0 Å². The highest BCUT2D eigenvalue weighted by molar-refractivity contribution is 5.03. The van der Waals surface area contributed by atoms with Crippen molar-refractivity contribution in [2.24, 2.45) is 11.5 Å². The third-order valence-electron chi connectivity index (χ3n) is 0.607. The summed E-state index contributed by atoms with van der Waals surface area (Å²) in [6.07, 6.45) is 4.55. The van der Waals surface area contributed by atoms with Gasteiger partial charge < -0.3 is 16.2 Å². The maximum absolute atomic E-state index is 5.19. The molecule has 0 aromatic heterocycles. The van der Waals surface area contributed by atoms with Crippen molar-refractivity contribution in [2.75, 3.05) is 7.11 Å². The summed E-state index contributed by atoms with van der Waals surface area (Å²) in [4.78, 5) is 0. The molecule has 0 heterocycles. The Morgan fingerprint density at radius 3 is 2.62 bits per heavy atom. The number of hydrogen-bond acceptors (Lipinski definition) is 3. The highest BCUT2D eigenvalue weighted by Gasteiger charge is 1.75. The van der Waals surface area contributed by atoms with Gasteiger partial charge in [0, 0.05) is 0 Å². The topological polar surface area (TPSA) is 61.3 Å². The van der Waals surface area contributed by atoms with Crippen LogP contribution in [0.4, 0.5) is 0 Å². The molecule has 0 aromatic carbocycles. The van der Waals surface area contributed by atoms with Crippen LogP contribution in [0.2, 0.25) is 0 Å². The smallest absolute Gasteiger partial charge is 0.183 e. The number of hydrogen-bond donors (Lipinski definition) is 2. The van der Waals surface area contributed by atoms with Crippen LogP contribution < -0.4 is 11.5 Å². The van der Waals surface area contributed by atoms with E-state index in [0.717, 1.165) is 0 Å². The van der Waals surface area contributed by atoms with E-state index in [1.165, 1.54) is 13.3 Å². The molecule has 0 aliphatic carbocycles. The van der Waals surface area contributed by atoms with Crippen LogP contribution in [0.3, 0.4) is 0 Å². The number of rotatable bonds is 2. The molecule has 3 heteroatoms. The molecular weight excluding hydrogens is 104 g/mol. The molecule has 3 nitrogen and oxygen atoms in total. The van der Waals surface area contributed by atoms with Crippen molar-refractivity contribution in [2.45, 2.75) is 0 Å². The maximum Gasteiger partial charge on any atom is 0.183 e. The van der Waals surface area contributed by atoms with E-state index in [1.54, 1.807) is 12.2 Å². The molecule has 8 heavy (non-hydrogen) atoms. The van der Waals surface area contributed by atoms with Crippen LogP contribution in [0, 0.1) is 0 Å². The van der Waals surface area contributed by atoms with Crippen LogP contribution in [-0.2, 0) is 4.74 Å². The molecule has 0 amide bonds. The molecule has 0 aliphatic heterocycles. The van der Waals surface area contributed by atoms with E-state index in [-0.39, 0.29) is 0 Å². The zero-order chi connectivity index (χ0) is 6.41. The van der Waals surface area contributed by atoms with Gasteiger partial charge in [-0.15, -0.1) is 0 Å². The molecule has 0 aliphatic rings. The van der Waals surface area contributed by atoms with Crippen LogP contribution in [0.5, 0.6) is 0 Å². The minimum atomic E-state index is 0.353. The lowest BCUT2D eigenvalue weighted by Gasteiger charge is -1.92. The number of ether oxygens (including phenoxy) is 1. The van der Waals surface area contributed by atoms with Gasteiger partial charge in [0.2, 0.25) is 0 Å². The minimum absolute atomic E-state index is 0.353. The van der Waals surface area contributed by atoms with Crippen LogP contribution in [0.25, 0.3) is 0 Å². The Balaban J connectivity index is 3.57. The fourth-order valence-electron chi connectivity index (χ4n) is 0.218. The first-order valence-electron chi connectivity index (χ1n) is 2.19. The first-order chi connectivity index (χ1) is 3.81. The Hall–Kier alpha value is -1.12. The molecule has 0 radical (unpaired) electrons. The number of nitrogens with two attached hydrogens (primary N) is 2. The summed E-state index contributed by atoms with van der Waals surface area (Å²) in [5, 5.41) is 0. The van der Waals surface area contributed by atoms with Gasteiger partial charge in [0.15, 0.2) is 5.88 Å². The fourth-order valence-corrected chi connectivity index (χ4v) is 0.218. The first-order valence-corrected chi connectivity index (χ1v) is 2.19. The zero-order valence-electron chi connectivity index (χ0n) is 4.79. The minimum Gasteiger partial charge on any atom is -0.483 e. The summed E-state index contributed by atoms with van der Waals surface area (Å²) in [6.45, 7) is 0. The van der Waals surface area contributed by atoms with Crippen molar-refractivity contribution >= 4 is 0 Å². The largest absolute Gasteiger partial charge is 0.483 e. The lowest BCUT2D eigenvalue weighted by Crippen LogP contribution is -1.97. The maximum atomic E-state index is 5.19. The van der Waals surface area contributed by atoms with Gasteiger partial charge in [0.05, 0.1) is 7.11 Å². The second-order valence-electron chi connectivity index (χ2n) is 1.16. The van der Waals surface area contributed by atoms with Crippen molar-refractivity contribution in [3.05, 3.63) is 24.2 Å². The van der Waals surface area contributed by atoms with Crippen LogP contribution in [0.15, 0.2) is 24.2 Å². The molecule has 46 valence electrons. The fraction of sp³-hybridized carbons (Fsp3) is 0.200. The Kier molecular flexibility index (Phi) is 3.48. The van der Waals surface area contributed by atoms with Gasteiger partial charge in [-0.2, -0.15) is 0 Å². The average molecular weight is 114 g/mol. The summed E-state index contributed by atoms with van der Waals surface area (Å²) in [7, 11) is 1.50. The van der Waals surface area contributed by atoms with E-state index < -0.39 is 0 Å². The van der Waals surface area contributed by atoms with Crippen molar-refractivity contribution in [3.63, 3.8) is 0 Å². The van der Waals surface area contributed by atoms with Crippen LogP contribution >= 0.6 is 0 Å². The Morgan fingerprint density at radius 2 is 2.25 bits per heavy atom. The molecule has 0 spiro atoms. The second-order valence-corrected chi connectivity index (χ2v) is 1.16. The van der Waals surface area contributed by atoms with E-state index in [0.29, 0.717) is 5.88 Å². The van der Waals surface area contributed by atoms with Crippen LogP contribution in [0.1, 0.15) is 0 Å². The molecular formula is C5H10N2O. The molecule has 0 aromatic rings. The standard InChI is InChI=1S/C5H10N2O/c1-8-5(7)3-2-4-6/h2-4H,6-7H2,1H3/b4-2-,5-3+. The highest BCUT2D eigenvalue weighted by Crippen LogP contribution is 1.81. The van der Waals surface area contributed by atoms with Crippen molar-refractivity contribution < 1.29 is 4.74 Å². The molecule has 0 unspecified atom stereocenters. The van der Waals surface area contributed by atoms with Gasteiger partial charge in [0.25, 0.3) is 0 Å². The van der Waals surface area contributed by atoms with Gasteiger partial charge >= 0.3 is 0 Å². The Bertz CT molecular complexity index is 107. The third-order valence-corrected chi connectivity index (χ3v) is 0.607. The van der Waals surface area contributed by atoms with E-state index in [9.17, 15) is 0 Å². The molecule has 0 atom stereocenters. The number of allylic oxidation sites excluding steroid dienone is 2. The van der Waals surface area contributed by atoms with Crippen LogP contribution in [-0.4, -0.2) is 7.11 Å². The third kappa shape index (κ3) is 3.08. The summed E-state index contributed by atoms with van der Waals surface area (Å²) in [5.41, 5.74) is 10.2. The van der Waals surface area contributed by atoms with E-state index in [4.69, 9.17) is 11.5 Å². The lowest BCUT2D eigenvalue weighted by molar-refractivity contribution is 0.287. The van der Waals surface area contributed by atoms with Crippen molar-refractivity contribution in [1.82, 2.24) is 0 Å². The van der Waals surface area contributed by atoms with Gasteiger partial charge in [-0.3, -0.25) is 0 Å². The molecule has 0 saturated carbocycles. The van der Waals surface area contributed by atoms with E-state index in [1.807, 2.05) is 0 Å². The summed E-state index contributed by atoms with van der Waals surface area (Å²) in [6, 6.07) is 0. The number of methoxy groups -OCH3 is 1. The van der Waals surface area contributed by atoms with Crippen molar-refractivity contribution in [1.29, 1.82) is 0 Å². The SMILES string of the molecule is CO/C(N)=C/C=C\N. The lowest BCUT2D eigenvalue weighted by atomic mass is 10.5. The van der Waals surface area contributed by atoms with E-state index in [2.05, 4.69) is 4.74 Å². The highest BCUT2D eigenvalue weighted by atomic mass is 16.5. The van der Waals surface area contributed by atoms with E-state index >= 15 is 0 Å². The molecule has 0 saturated heterocycles. The summed E-state index contributed by atoms with van der Waals surface area (Å²) in [5.74, 6) is 0.353. The van der Waals surface area contributed by atoms with Gasteiger partial charge in [-0.1, -0.05) is 0 Å². The quantitative estimate of drug-likeness (QED) is 0.389. The molecule has 0 rings (SSSR count). The average Bonchev–Trinajstić information content (AvgIpc) is 1.83. The van der Waals surface area contributed by atoms with Gasteiger partial charge in [-0.05, 0) is 18.4 Å². The molecule has 4 N–H and O–H groups in total. The van der Waals surface area contributed by atoms with Gasteiger partial charge in [0.1, 0.15) is 0 Å². The monoisotopic (exact) mass is 114 g/mol. The summed E-state index contributed by atoms with van der Waals surface area (Å²) >= 11 is 0. The Morgan fingerprint density at radius 1 is 1.62 bits per heavy atom. The van der Waals surface area contributed by atoms with Gasteiger partial charge in [-0.25, -0.2) is 0 Å². The normalized spacial score (nSPS) is 12.4. The predicted octanol–water partition coefficient (Wildman–Crippen LogP) is -0.0947. The molecule has 0 bridgehead atoms. The first kappa shape index (κ1) is 6.88. The Labute approximate surface area is 48.6 Å². The predicted molar refractivity (Wildman–Crippen MR) is 32.6 cm³/mol.